The van der Waals surface area contributed by atoms with Crippen LogP contribution in [0.25, 0.3) is 11.3 Å². The molecular weight excluding hydrogens is 514 g/mol. The standard InChI is InChI=1S/C30H35N3O5S/c1-18-4-9-26(38-16-23-8-5-20(13-19(23)2)28(35)32(3)10-11-34)24(12-18)25-17-39-30(31-25)33-14-21-6-7-22(15-33)27(21)29(36)37/h4-5,8-9,12-13,17,21-22,27,34H,6-7,10-11,14-16H2,1-3H3,(H,36,37)/t21-,22?,27?/m1/s1. The molecule has 2 aliphatic rings. The van der Waals surface area contributed by atoms with Crippen molar-refractivity contribution < 1.29 is 24.5 Å². The Kier molecular flexibility index (Phi) is 7.91. The van der Waals surface area contributed by atoms with E-state index >= 15 is 0 Å². The van der Waals surface area contributed by atoms with E-state index in [1.807, 2.05) is 38.1 Å². The number of carbonyl (C=O) groups excluding carboxylic acids is 1. The minimum atomic E-state index is -0.658. The van der Waals surface area contributed by atoms with Crippen molar-refractivity contribution >= 4 is 28.3 Å². The number of thiazole rings is 1. The fraction of sp³-hybridized carbons (Fsp3) is 0.433. The van der Waals surface area contributed by atoms with Crippen molar-refractivity contribution in [1.29, 1.82) is 0 Å². The second-order valence-corrected chi connectivity index (χ2v) is 11.6. The average Bonchev–Trinajstić information content (AvgIpc) is 3.51. The molecule has 3 aromatic rings. The molecule has 1 aromatic heterocycles. The van der Waals surface area contributed by atoms with Gasteiger partial charge in [0.05, 0.1) is 18.2 Å². The van der Waals surface area contributed by atoms with Crippen LogP contribution in [0.3, 0.4) is 0 Å². The number of aromatic nitrogens is 1. The Balaban J connectivity index is 1.31. The fourth-order valence-electron chi connectivity index (χ4n) is 5.90. The lowest BCUT2D eigenvalue weighted by Gasteiger charge is -2.35. The molecule has 8 nitrogen and oxygen atoms in total. The minimum absolute atomic E-state index is 0.0727. The number of piperidine rings is 1. The molecule has 9 heteroatoms. The molecule has 1 saturated heterocycles. The van der Waals surface area contributed by atoms with Gasteiger partial charge in [0.2, 0.25) is 0 Å². The SMILES string of the molecule is Cc1ccc(OCc2ccc(C(=O)N(C)CCO)cc2C)c(-c2csc(N3CC4CC[C@H](C3)C4C(=O)O)n2)c1. The van der Waals surface area contributed by atoms with Crippen LogP contribution >= 0.6 is 11.3 Å². The lowest BCUT2D eigenvalue weighted by molar-refractivity contribution is -0.144. The summed E-state index contributed by atoms with van der Waals surface area (Å²) in [5.41, 5.74) is 5.42. The third-order valence-corrected chi connectivity index (χ3v) is 8.95. The van der Waals surface area contributed by atoms with Crippen molar-refractivity contribution in [2.24, 2.45) is 17.8 Å². The van der Waals surface area contributed by atoms with Crippen LogP contribution in [0.1, 0.15) is 39.9 Å². The lowest BCUT2D eigenvalue weighted by atomic mass is 9.85. The lowest BCUT2D eigenvalue weighted by Crippen LogP contribution is -2.44. The van der Waals surface area contributed by atoms with Crippen molar-refractivity contribution in [2.45, 2.75) is 33.3 Å². The highest BCUT2D eigenvalue weighted by Crippen LogP contribution is 2.44. The van der Waals surface area contributed by atoms with Gasteiger partial charge in [-0.1, -0.05) is 17.7 Å². The van der Waals surface area contributed by atoms with Crippen molar-refractivity contribution in [3.05, 3.63) is 64.0 Å². The molecule has 2 N–H and O–H groups in total. The summed E-state index contributed by atoms with van der Waals surface area (Å²) in [4.78, 5) is 33.0. The Labute approximate surface area is 232 Å². The number of benzene rings is 2. The maximum absolute atomic E-state index is 12.6. The Morgan fingerprint density at radius 1 is 1.13 bits per heavy atom. The first-order valence-electron chi connectivity index (χ1n) is 13.4. The number of aryl methyl sites for hydroxylation is 2. The highest BCUT2D eigenvalue weighted by atomic mass is 32.1. The number of nitrogens with zero attached hydrogens (tertiary/aromatic N) is 3. The van der Waals surface area contributed by atoms with Crippen LogP contribution in [0.5, 0.6) is 5.75 Å². The molecule has 2 bridgehead atoms. The molecule has 1 saturated carbocycles. The number of hydrogen-bond donors (Lipinski definition) is 2. The molecular formula is C30H35N3O5S. The van der Waals surface area contributed by atoms with Crippen LogP contribution in [-0.4, -0.2) is 65.3 Å². The Morgan fingerprint density at radius 3 is 2.54 bits per heavy atom. The van der Waals surface area contributed by atoms with Crippen molar-refractivity contribution in [2.75, 3.05) is 38.2 Å². The summed E-state index contributed by atoms with van der Waals surface area (Å²) in [6.07, 6.45) is 1.94. The molecule has 0 spiro atoms. The van der Waals surface area contributed by atoms with E-state index in [4.69, 9.17) is 14.8 Å². The smallest absolute Gasteiger partial charge is 0.307 e. The zero-order valence-electron chi connectivity index (χ0n) is 22.6. The average molecular weight is 550 g/mol. The summed E-state index contributed by atoms with van der Waals surface area (Å²) in [5, 5.41) is 21.7. The first-order valence-corrected chi connectivity index (χ1v) is 14.3. The highest BCUT2D eigenvalue weighted by Gasteiger charge is 2.46. The van der Waals surface area contributed by atoms with Crippen LogP contribution in [0.4, 0.5) is 5.13 Å². The third-order valence-electron chi connectivity index (χ3n) is 8.05. The van der Waals surface area contributed by atoms with Gasteiger partial charge in [0, 0.05) is 43.2 Å². The summed E-state index contributed by atoms with van der Waals surface area (Å²) in [5.74, 6) is 0.103. The molecule has 3 atom stereocenters. The van der Waals surface area contributed by atoms with Crippen LogP contribution in [0, 0.1) is 31.6 Å². The van der Waals surface area contributed by atoms with Crippen LogP contribution in [0.15, 0.2) is 41.8 Å². The van der Waals surface area contributed by atoms with Crippen LogP contribution in [-0.2, 0) is 11.4 Å². The van der Waals surface area contributed by atoms with Gasteiger partial charge in [-0.3, -0.25) is 9.59 Å². The number of rotatable bonds is 9. The topological polar surface area (TPSA) is 103 Å². The fourth-order valence-corrected chi connectivity index (χ4v) is 6.75. The zero-order valence-corrected chi connectivity index (χ0v) is 23.4. The number of aliphatic hydroxyl groups is 1. The third kappa shape index (κ3) is 5.65. The number of aliphatic carboxylic acids is 1. The molecule has 39 heavy (non-hydrogen) atoms. The summed E-state index contributed by atoms with van der Waals surface area (Å²) in [7, 11) is 1.68. The maximum Gasteiger partial charge on any atom is 0.307 e. The van der Waals surface area contributed by atoms with Gasteiger partial charge >= 0.3 is 5.97 Å². The van der Waals surface area contributed by atoms with E-state index < -0.39 is 5.97 Å². The van der Waals surface area contributed by atoms with E-state index in [1.165, 1.54) is 4.90 Å². The van der Waals surface area contributed by atoms with Gasteiger partial charge in [-0.2, -0.15) is 0 Å². The van der Waals surface area contributed by atoms with E-state index in [-0.39, 0.29) is 30.3 Å². The normalized spacial score (nSPS) is 20.2. The second kappa shape index (κ2) is 11.4. The molecule has 1 aliphatic heterocycles. The van der Waals surface area contributed by atoms with Crippen LogP contribution in [0.2, 0.25) is 0 Å². The molecule has 2 unspecified atom stereocenters. The van der Waals surface area contributed by atoms with Gasteiger partial charge in [-0.15, -0.1) is 11.3 Å². The predicted octanol–water partition coefficient (Wildman–Crippen LogP) is 4.62. The van der Waals surface area contributed by atoms with E-state index in [0.29, 0.717) is 18.7 Å². The number of carbonyl (C=O) groups is 2. The first kappa shape index (κ1) is 27.1. The van der Waals surface area contributed by atoms with Gasteiger partial charge in [-0.05, 0) is 73.9 Å². The minimum Gasteiger partial charge on any atom is -0.488 e. The molecule has 2 heterocycles. The second-order valence-electron chi connectivity index (χ2n) is 10.8. The maximum atomic E-state index is 12.6. The Morgan fingerprint density at radius 2 is 1.87 bits per heavy atom. The molecule has 2 aromatic carbocycles. The number of carboxylic acids is 1. The van der Waals surface area contributed by atoms with Crippen LogP contribution < -0.4 is 9.64 Å². The van der Waals surface area contributed by atoms with E-state index in [0.717, 1.165) is 64.8 Å². The summed E-state index contributed by atoms with van der Waals surface area (Å²) >= 11 is 1.59. The van der Waals surface area contributed by atoms with Crippen molar-refractivity contribution in [3.8, 4) is 17.0 Å². The molecule has 1 amide bonds. The summed E-state index contributed by atoms with van der Waals surface area (Å²) in [6.45, 7) is 6.06. The summed E-state index contributed by atoms with van der Waals surface area (Å²) < 4.78 is 6.30. The van der Waals surface area contributed by atoms with Gasteiger partial charge < -0.3 is 24.7 Å². The number of amides is 1. The number of hydrogen-bond acceptors (Lipinski definition) is 7. The molecule has 5 rings (SSSR count). The molecule has 1 aliphatic carbocycles. The van der Waals surface area contributed by atoms with E-state index in [1.54, 1.807) is 24.5 Å². The number of aliphatic hydroxyl groups excluding tert-OH is 1. The van der Waals surface area contributed by atoms with Gasteiger partial charge in [-0.25, -0.2) is 4.98 Å². The predicted molar refractivity (Wildman–Crippen MR) is 151 cm³/mol. The molecule has 2 fully saturated rings. The quantitative estimate of drug-likeness (QED) is 0.402. The van der Waals surface area contributed by atoms with E-state index in [9.17, 15) is 14.7 Å². The number of likely N-dealkylation sites (N-methyl/N-ethyl adjacent to an activating group) is 1. The Hall–Kier alpha value is -3.43. The number of ether oxygens (including phenoxy) is 1. The van der Waals surface area contributed by atoms with E-state index in [2.05, 4.69) is 16.3 Å². The van der Waals surface area contributed by atoms with Crippen molar-refractivity contribution in [3.63, 3.8) is 0 Å². The zero-order chi connectivity index (χ0) is 27.7. The summed E-state index contributed by atoms with van der Waals surface area (Å²) in [6, 6.07) is 11.6. The molecule has 206 valence electrons. The van der Waals surface area contributed by atoms with Crippen molar-refractivity contribution in [1.82, 2.24) is 9.88 Å². The monoisotopic (exact) mass is 549 g/mol. The van der Waals surface area contributed by atoms with Gasteiger partial charge in [0.1, 0.15) is 12.4 Å². The number of anilines is 1. The first-order chi connectivity index (χ1) is 18.7. The molecule has 0 radical (unpaired) electrons. The Bertz CT molecular complexity index is 1360. The number of fused-ring (bicyclic) bond motifs is 2. The highest BCUT2D eigenvalue weighted by molar-refractivity contribution is 7.14. The largest absolute Gasteiger partial charge is 0.488 e. The number of carboxylic acid groups (broad SMARTS) is 1. The van der Waals surface area contributed by atoms with Gasteiger partial charge in [0.25, 0.3) is 5.91 Å². The van der Waals surface area contributed by atoms with Gasteiger partial charge in [0.15, 0.2) is 5.13 Å².